The molecular formula is C12H19N9O2S. The summed E-state index contributed by atoms with van der Waals surface area (Å²) in [7, 11) is 0. The average molecular weight is 353 g/mol. The van der Waals surface area contributed by atoms with Crippen molar-refractivity contribution >= 4 is 22.4 Å². The standard InChI is InChI=1S/C12H19N9O2S/c1-8(11-16-17-12(13)24-11)14-10(22)7-21-9(15-18-19-21)6-20-2-4-23-5-3-20/h8H,2-7H2,1H3,(H2,13,17)(H,14,22)/t8-/m1/s1. The van der Waals surface area contributed by atoms with E-state index in [9.17, 15) is 4.79 Å². The molecule has 1 aliphatic heterocycles. The van der Waals surface area contributed by atoms with Crippen molar-refractivity contribution < 1.29 is 9.53 Å². The molecule has 2 aromatic rings. The minimum atomic E-state index is -0.272. The quantitative estimate of drug-likeness (QED) is 0.657. The van der Waals surface area contributed by atoms with Crippen LogP contribution in [0.2, 0.25) is 0 Å². The van der Waals surface area contributed by atoms with Crippen LogP contribution in [0.4, 0.5) is 5.13 Å². The highest BCUT2D eigenvalue weighted by Crippen LogP contribution is 2.18. The van der Waals surface area contributed by atoms with E-state index in [-0.39, 0.29) is 18.5 Å². The Balaban J connectivity index is 1.55. The van der Waals surface area contributed by atoms with Crippen molar-refractivity contribution in [2.75, 3.05) is 32.0 Å². The smallest absolute Gasteiger partial charge is 0.242 e. The van der Waals surface area contributed by atoms with Gasteiger partial charge in [0.2, 0.25) is 11.0 Å². The van der Waals surface area contributed by atoms with Gasteiger partial charge >= 0.3 is 0 Å². The monoisotopic (exact) mass is 353 g/mol. The van der Waals surface area contributed by atoms with Crippen molar-refractivity contribution in [2.24, 2.45) is 0 Å². The molecule has 1 saturated heterocycles. The van der Waals surface area contributed by atoms with E-state index in [1.54, 1.807) is 0 Å². The number of aromatic nitrogens is 6. The first-order valence-corrected chi connectivity index (χ1v) is 8.37. The number of nitrogens with two attached hydrogens (primary N) is 1. The molecule has 0 saturated carbocycles. The lowest BCUT2D eigenvalue weighted by Crippen LogP contribution is -2.37. The van der Waals surface area contributed by atoms with Gasteiger partial charge in [0, 0.05) is 13.1 Å². The zero-order valence-corrected chi connectivity index (χ0v) is 14.1. The number of morpholine rings is 1. The topological polar surface area (TPSA) is 137 Å². The normalized spacial score (nSPS) is 16.9. The Morgan fingerprint density at radius 1 is 1.38 bits per heavy atom. The van der Waals surface area contributed by atoms with Crippen LogP contribution < -0.4 is 11.1 Å². The van der Waals surface area contributed by atoms with E-state index < -0.39 is 0 Å². The Morgan fingerprint density at radius 2 is 2.17 bits per heavy atom. The molecule has 1 aliphatic rings. The maximum absolute atomic E-state index is 12.2. The molecular weight excluding hydrogens is 334 g/mol. The van der Waals surface area contributed by atoms with E-state index in [4.69, 9.17) is 10.5 Å². The molecule has 3 rings (SSSR count). The number of tetrazole rings is 1. The molecule has 0 unspecified atom stereocenters. The van der Waals surface area contributed by atoms with Crippen LogP contribution in [0, 0.1) is 0 Å². The third kappa shape index (κ3) is 4.21. The fourth-order valence-corrected chi connectivity index (χ4v) is 2.94. The Morgan fingerprint density at radius 3 is 2.88 bits per heavy atom. The molecule has 130 valence electrons. The molecule has 0 radical (unpaired) electrons. The molecule has 24 heavy (non-hydrogen) atoms. The largest absolute Gasteiger partial charge is 0.379 e. The Hall–Kier alpha value is -2.18. The molecule has 1 atom stereocenters. The minimum Gasteiger partial charge on any atom is -0.379 e. The number of nitrogens with zero attached hydrogens (tertiary/aromatic N) is 7. The summed E-state index contributed by atoms with van der Waals surface area (Å²) < 4.78 is 6.82. The van der Waals surface area contributed by atoms with Crippen molar-refractivity contribution in [2.45, 2.75) is 26.1 Å². The first kappa shape index (κ1) is 16.7. The second kappa shape index (κ2) is 7.59. The molecule has 0 aliphatic carbocycles. The first-order chi connectivity index (χ1) is 11.6. The lowest BCUT2D eigenvalue weighted by atomic mass is 10.3. The second-order valence-electron chi connectivity index (χ2n) is 5.41. The number of ether oxygens (including phenoxy) is 1. The molecule has 0 aromatic carbocycles. The number of carbonyl (C=O) groups excluding carboxylic acids is 1. The van der Waals surface area contributed by atoms with Gasteiger partial charge in [0.15, 0.2) is 5.82 Å². The van der Waals surface area contributed by atoms with Crippen molar-refractivity contribution in [1.29, 1.82) is 0 Å². The summed E-state index contributed by atoms with van der Waals surface area (Å²) in [5, 5.41) is 23.1. The van der Waals surface area contributed by atoms with Gasteiger partial charge in [-0.15, -0.1) is 15.3 Å². The lowest BCUT2D eigenvalue weighted by Gasteiger charge is -2.25. The van der Waals surface area contributed by atoms with E-state index in [2.05, 4.69) is 35.9 Å². The highest BCUT2D eigenvalue weighted by molar-refractivity contribution is 7.15. The average Bonchev–Trinajstić information content (AvgIpc) is 3.18. The predicted octanol–water partition coefficient (Wildman–Crippen LogP) is -1.18. The summed E-state index contributed by atoms with van der Waals surface area (Å²) in [4.78, 5) is 14.4. The van der Waals surface area contributed by atoms with Gasteiger partial charge in [-0.05, 0) is 17.4 Å². The van der Waals surface area contributed by atoms with Gasteiger partial charge in [-0.2, -0.15) is 0 Å². The second-order valence-corrected chi connectivity index (χ2v) is 6.45. The number of hydrogen-bond acceptors (Lipinski definition) is 10. The summed E-state index contributed by atoms with van der Waals surface area (Å²) in [5.74, 6) is 0.451. The summed E-state index contributed by atoms with van der Waals surface area (Å²) >= 11 is 1.25. The van der Waals surface area contributed by atoms with Gasteiger partial charge in [-0.1, -0.05) is 11.3 Å². The Bertz CT molecular complexity index is 682. The fraction of sp³-hybridized carbons (Fsp3) is 0.667. The summed E-state index contributed by atoms with van der Waals surface area (Å²) in [6.45, 7) is 5.52. The molecule has 1 fully saturated rings. The third-order valence-electron chi connectivity index (χ3n) is 3.57. The van der Waals surface area contributed by atoms with Crippen LogP contribution in [0.3, 0.4) is 0 Å². The number of carbonyl (C=O) groups is 1. The summed E-state index contributed by atoms with van der Waals surface area (Å²) in [6, 6.07) is -0.272. The highest BCUT2D eigenvalue weighted by Gasteiger charge is 2.18. The predicted molar refractivity (Wildman–Crippen MR) is 84.8 cm³/mol. The van der Waals surface area contributed by atoms with Crippen LogP contribution >= 0.6 is 11.3 Å². The molecule has 1 amide bonds. The third-order valence-corrected chi connectivity index (χ3v) is 4.51. The summed E-state index contributed by atoms with van der Waals surface area (Å²) in [5.41, 5.74) is 5.55. The van der Waals surface area contributed by atoms with Gasteiger partial charge in [-0.25, -0.2) is 4.68 Å². The Labute approximate surface area is 142 Å². The minimum absolute atomic E-state index is 0.0469. The molecule has 3 heterocycles. The molecule has 11 nitrogen and oxygen atoms in total. The zero-order valence-electron chi connectivity index (χ0n) is 13.3. The Kier molecular flexibility index (Phi) is 5.27. The molecule has 3 N–H and O–H groups in total. The van der Waals surface area contributed by atoms with Crippen LogP contribution in [0.15, 0.2) is 0 Å². The van der Waals surface area contributed by atoms with E-state index in [0.717, 1.165) is 13.1 Å². The maximum atomic E-state index is 12.2. The number of amides is 1. The van der Waals surface area contributed by atoms with Gasteiger partial charge < -0.3 is 15.8 Å². The molecule has 0 spiro atoms. The van der Waals surface area contributed by atoms with Crippen molar-refractivity contribution in [1.82, 2.24) is 40.6 Å². The number of anilines is 1. The number of nitrogen functional groups attached to an aromatic ring is 1. The lowest BCUT2D eigenvalue weighted by molar-refractivity contribution is -0.122. The van der Waals surface area contributed by atoms with E-state index in [1.165, 1.54) is 16.0 Å². The number of nitrogens with one attached hydrogen (secondary N) is 1. The number of rotatable bonds is 6. The van der Waals surface area contributed by atoms with E-state index in [1.807, 2.05) is 6.92 Å². The maximum Gasteiger partial charge on any atom is 0.242 e. The van der Waals surface area contributed by atoms with Gasteiger partial charge in [0.1, 0.15) is 11.6 Å². The van der Waals surface area contributed by atoms with E-state index >= 15 is 0 Å². The van der Waals surface area contributed by atoms with Crippen LogP contribution in [-0.2, 0) is 22.6 Å². The van der Waals surface area contributed by atoms with Crippen molar-refractivity contribution in [3.8, 4) is 0 Å². The van der Waals surface area contributed by atoms with Gasteiger partial charge in [0.05, 0.1) is 25.8 Å². The highest BCUT2D eigenvalue weighted by atomic mass is 32.1. The van der Waals surface area contributed by atoms with Gasteiger partial charge in [-0.3, -0.25) is 9.69 Å². The van der Waals surface area contributed by atoms with Gasteiger partial charge in [0.25, 0.3) is 0 Å². The molecule has 0 bridgehead atoms. The zero-order chi connectivity index (χ0) is 16.9. The van der Waals surface area contributed by atoms with Crippen LogP contribution in [-0.4, -0.2) is 67.5 Å². The van der Waals surface area contributed by atoms with Crippen molar-refractivity contribution in [3.63, 3.8) is 0 Å². The SMILES string of the molecule is C[C@@H](NC(=O)Cn1nnnc1CN1CCOCC1)c1nnc(N)s1. The number of hydrogen-bond donors (Lipinski definition) is 2. The van der Waals surface area contributed by atoms with E-state index in [0.29, 0.717) is 35.7 Å². The van der Waals surface area contributed by atoms with Crippen LogP contribution in [0.25, 0.3) is 0 Å². The van der Waals surface area contributed by atoms with Crippen LogP contribution in [0.5, 0.6) is 0 Å². The van der Waals surface area contributed by atoms with Crippen LogP contribution in [0.1, 0.15) is 23.8 Å². The molecule has 2 aromatic heterocycles. The van der Waals surface area contributed by atoms with Crippen molar-refractivity contribution in [3.05, 3.63) is 10.8 Å². The first-order valence-electron chi connectivity index (χ1n) is 7.55. The molecule has 12 heteroatoms. The summed E-state index contributed by atoms with van der Waals surface area (Å²) in [6.07, 6.45) is 0. The fourth-order valence-electron chi connectivity index (χ4n) is 2.32.